The van der Waals surface area contributed by atoms with Gasteiger partial charge in [0.15, 0.2) is 5.96 Å². The standard InChI is InChI=1S/C15H22ClN3S/c1-15(2,12-4-3-5-13(16)10-12)11-18-14(17)19-6-8-20-9-7-19/h3-5,10H,6-9,11H2,1-2H3,(H2,17,18). The van der Waals surface area contributed by atoms with Gasteiger partial charge in [0.2, 0.25) is 0 Å². The second-order valence-corrected chi connectivity index (χ2v) is 7.33. The Morgan fingerprint density at radius 1 is 1.40 bits per heavy atom. The first kappa shape index (κ1) is 15.5. The third kappa shape index (κ3) is 4.06. The molecule has 0 spiro atoms. The van der Waals surface area contributed by atoms with Crippen molar-refractivity contribution in [1.29, 1.82) is 0 Å². The van der Waals surface area contributed by atoms with Crippen molar-refractivity contribution in [3.8, 4) is 0 Å². The van der Waals surface area contributed by atoms with Crippen LogP contribution in [0.15, 0.2) is 29.3 Å². The van der Waals surface area contributed by atoms with Crippen LogP contribution in [0.25, 0.3) is 0 Å². The van der Waals surface area contributed by atoms with Crippen LogP contribution in [0.3, 0.4) is 0 Å². The molecule has 1 aromatic rings. The Labute approximate surface area is 130 Å². The minimum Gasteiger partial charge on any atom is -0.370 e. The number of thioether (sulfide) groups is 1. The maximum atomic E-state index is 6.10. The smallest absolute Gasteiger partial charge is 0.191 e. The third-order valence-electron chi connectivity index (χ3n) is 3.58. The number of halogens is 1. The number of nitrogens with zero attached hydrogens (tertiary/aromatic N) is 2. The number of rotatable bonds is 3. The summed E-state index contributed by atoms with van der Waals surface area (Å²) in [5.74, 6) is 2.93. The van der Waals surface area contributed by atoms with Gasteiger partial charge < -0.3 is 10.6 Å². The number of guanidine groups is 1. The van der Waals surface area contributed by atoms with E-state index in [9.17, 15) is 0 Å². The highest BCUT2D eigenvalue weighted by Gasteiger charge is 2.21. The molecule has 0 unspecified atom stereocenters. The highest BCUT2D eigenvalue weighted by atomic mass is 35.5. The fourth-order valence-corrected chi connectivity index (χ4v) is 3.27. The fourth-order valence-electron chi connectivity index (χ4n) is 2.17. The molecule has 0 saturated carbocycles. The van der Waals surface area contributed by atoms with Crippen molar-refractivity contribution < 1.29 is 0 Å². The Balaban J connectivity index is 2.04. The van der Waals surface area contributed by atoms with E-state index in [1.165, 1.54) is 5.56 Å². The van der Waals surface area contributed by atoms with Crippen LogP contribution >= 0.6 is 23.4 Å². The summed E-state index contributed by atoms with van der Waals surface area (Å²) in [6.45, 7) is 7.00. The molecule has 0 bridgehead atoms. The predicted octanol–water partition coefficient (Wildman–Crippen LogP) is 2.98. The molecule has 0 atom stereocenters. The number of nitrogens with two attached hydrogens (primary N) is 1. The topological polar surface area (TPSA) is 41.6 Å². The van der Waals surface area contributed by atoms with Crippen LogP contribution < -0.4 is 5.73 Å². The highest BCUT2D eigenvalue weighted by Crippen LogP contribution is 2.26. The summed E-state index contributed by atoms with van der Waals surface area (Å²) in [5.41, 5.74) is 7.23. The minimum atomic E-state index is -0.0694. The minimum absolute atomic E-state index is 0.0694. The molecule has 1 aliphatic rings. The zero-order valence-corrected chi connectivity index (χ0v) is 13.7. The van der Waals surface area contributed by atoms with Crippen molar-refractivity contribution in [2.75, 3.05) is 31.1 Å². The lowest BCUT2D eigenvalue weighted by atomic mass is 9.85. The van der Waals surface area contributed by atoms with E-state index in [4.69, 9.17) is 17.3 Å². The lowest BCUT2D eigenvalue weighted by Crippen LogP contribution is -2.43. The summed E-state index contributed by atoms with van der Waals surface area (Å²) >= 11 is 8.04. The predicted molar refractivity (Wildman–Crippen MR) is 89.9 cm³/mol. The van der Waals surface area contributed by atoms with E-state index in [2.05, 4.69) is 29.8 Å². The highest BCUT2D eigenvalue weighted by molar-refractivity contribution is 7.99. The van der Waals surface area contributed by atoms with Gasteiger partial charge in [0.1, 0.15) is 0 Å². The van der Waals surface area contributed by atoms with Gasteiger partial charge in [0.25, 0.3) is 0 Å². The monoisotopic (exact) mass is 311 g/mol. The van der Waals surface area contributed by atoms with Crippen molar-refractivity contribution >= 4 is 29.3 Å². The summed E-state index contributed by atoms with van der Waals surface area (Å²) in [4.78, 5) is 6.76. The van der Waals surface area contributed by atoms with Crippen LogP contribution in [-0.2, 0) is 5.41 Å². The zero-order valence-electron chi connectivity index (χ0n) is 12.1. The first-order valence-electron chi connectivity index (χ1n) is 6.88. The van der Waals surface area contributed by atoms with Crippen LogP contribution in [0.1, 0.15) is 19.4 Å². The van der Waals surface area contributed by atoms with Gasteiger partial charge in [-0.3, -0.25) is 4.99 Å². The molecule has 2 N–H and O–H groups in total. The molecule has 20 heavy (non-hydrogen) atoms. The molecular weight excluding hydrogens is 290 g/mol. The number of aliphatic imine (C=N–C) groups is 1. The van der Waals surface area contributed by atoms with Crippen LogP contribution in [0, 0.1) is 0 Å². The molecule has 3 nitrogen and oxygen atoms in total. The Hall–Kier alpha value is -0.870. The Morgan fingerprint density at radius 2 is 2.10 bits per heavy atom. The van der Waals surface area contributed by atoms with Crippen molar-refractivity contribution in [2.45, 2.75) is 19.3 Å². The molecule has 5 heteroatoms. The van der Waals surface area contributed by atoms with Crippen molar-refractivity contribution in [1.82, 2.24) is 4.90 Å². The molecule has 0 aromatic heterocycles. The maximum absolute atomic E-state index is 6.10. The molecule has 0 aliphatic carbocycles. The van der Waals surface area contributed by atoms with E-state index in [-0.39, 0.29) is 5.41 Å². The van der Waals surface area contributed by atoms with Crippen LogP contribution in [0.2, 0.25) is 5.02 Å². The van der Waals surface area contributed by atoms with Gasteiger partial charge in [-0.2, -0.15) is 11.8 Å². The van der Waals surface area contributed by atoms with Gasteiger partial charge in [-0.15, -0.1) is 0 Å². The molecule has 2 rings (SSSR count). The average molecular weight is 312 g/mol. The third-order valence-corrected chi connectivity index (χ3v) is 4.76. The van der Waals surface area contributed by atoms with E-state index >= 15 is 0 Å². The molecular formula is C15H22ClN3S. The largest absolute Gasteiger partial charge is 0.370 e. The first-order valence-corrected chi connectivity index (χ1v) is 8.41. The molecule has 1 fully saturated rings. The molecule has 1 aliphatic heterocycles. The van der Waals surface area contributed by atoms with Gasteiger partial charge in [0.05, 0.1) is 6.54 Å². The van der Waals surface area contributed by atoms with E-state index in [0.29, 0.717) is 12.5 Å². The summed E-state index contributed by atoms with van der Waals surface area (Å²) in [6, 6.07) is 7.97. The van der Waals surface area contributed by atoms with E-state index in [1.54, 1.807) is 0 Å². The fraction of sp³-hybridized carbons (Fsp3) is 0.533. The molecule has 1 aromatic carbocycles. The molecule has 1 heterocycles. The molecule has 110 valence electrons. The Bertz CT molecular complexity index is 482. The lowest BCUT2D eigenvalue weighted by Gasteiger charge is -2.29. The molecule has 0 amide bonds. The quantitative estimate of drug-likeness (QED) is 0.689. The number of hydrogen-bond acceptors (Lipinski definition) is 2. The van der Waals surface area contributed by atoms with Gasteiger partial charge in [-0.25, -0.2) is 0 Å². The van der Waals surface area contributed by atoms with E-state index < -0.39 is 0 Å². The van der Waals surface area contributed by atoms with Gasteiger partial charge in [-0.1, -0.05) is 37.6 Å². The zero-order chi connectivity index (χ0) is 14.6. The van der Waals surface area contributed by atoms with Crippen molar-refractivity contribution in [3.63, 3.8) is 0 Å². The molecule has 0 radical (unpaired) electrons. The number of benzene rings is 1. The van der Waals surface area contributed by atoms with Crippen LogP contribution in [0.5, 0.6) is 0 Å². The lowest BCUT2D eigenvalue weighted by molar-refractivity contribution is 0.449. The van der Waals surface area contributed by atoms with E-state index in [1.807, 2.05) is 30.0 Å². The van der Waals surface area contributed by atoms with Crippen molar-refractivity contribution in [3.05, 3.63) is 34.9 Å². The van der Waals surface area contributed by atoms with Crippen LogP contribution in [-0.4, -0.2) is 42.0 Å². The summed E-state index contributed by atoms with van der Waals surface area (Å²) < 4.78 is 0. The normalized spacial score (nSPS) is 17.4. The summed E-state index contributed by atoms with van der Waals surface area (Å²) in [7, 11) is 0. The number of hydrogen-bond donors (Lipinski definition) is 1. The Kier molecular flexibility index (Phi) is 5.22. The van der Waals surface area contributed by atoms with Gasteiger partial charge in [0, 0.05) is 35.0 Å². The summed E-state index contributed by atoms with van der Waals surface area (Å²) in [5, 5.41) is 0.764. The summed E-state index contributed by atoms with van der Waals surface area (Å²) in [6.07, 6.45) is 0. The van der Waals surface area contributed by atoms with Gasteiger partial charge >= 0.3 is 0 Å². The van der Waals surface area contributed by atoms with E-state index in [0.717, 1.165) is 29.6 Å². The van der Waals surface area contributed by atoms with Gasteiger partial charge in [-0.05, 0) is 17.7 Å². The van der Waals surface area contributed by atoms with Crippen LogP contribution in [0.4, 0.5) is 0 Å². The van der Waals surface area contributed by atoms with Crippen molar-refractivity contribution in [2.24, 2.45) is 10.7 Å². The first-order chi connectivity index (χ1) is 9.49. The second-order valence-electron chi connectivity index (χ2n) is 5.67. The average Bonchev–Trinajstić information content (AvgIpc) is 2.46. The molecule has 1 saturated heterocycles. The maximum Gasteiger partial charge on any atom is 0.191 e. The SMILES string of the molecule is CC(C)(CN=C(N)N1CCSCC1)c1cccc(Cl)c1. The Morgan fingerprint density at radius 3 is 2.75 bits per heavy atom. The second kappa shape index (κ2) is 6.72.